The molecule has 1 amide bonds. The molecule has 0 bridgehead atoms. The molecule has 2 atom stereocenters. The Labute approximate surface area is 208 Å². The van der Waals surface area contributed by atoms with Gasteiger partial charge in [0.15, 0.2) is 0 Å². The van der Waals surface area contributed by atoms with E-state index < -0.39 is 0 Å². The Morgan fingerprint density at radius 2 is 1.67 bits per heavy atom. The van der Waals surface area contributed by atoms with Gasteiger partial charge in [-0.3, -0.25) is 9.69 Å². The first-order valence-electron chi connectivity index (χ1n) is 12.5. The van der Waals surface area contributed by atoms with Gasteiger partial charge in [0.05, 0.1) is 6.54 Å². The number of benzene rings is 2. The summed E-state index contributed by atoms with van der Waals surface area (Å²) in [5.41, 5.74) is 1.30. The van der Waals surface area contributed by atoms with Crippen LogP contribution in [-0.2, 0) is 10.2 Å². The number of likely N-dealkylation sites (N-methyl/N-ethyl adjacent to an activating group) is 1. The summed E-state index contributed by atoms with van der Waals surface area (Å²) in [7, 11) is 4.28. The normalized spacial score (nSPS) is 14.2. The highest BCUT2D eigenvalue weighted by Crippen LogP contribution is 2.42. The van der Waals surface area contributed by atoms with Crippen molar-refractivity contribution in [1.82, 2.24) is 15.1 Å². The molecule has 0 aliphatic rings. The lowest BCUT2D eigenvalue weighted by atomic mass is 9.65. The minimum absolute atomic E-state index is 0. The molecular weight excluding hydrogens is 430 g/mol. The second-order valence-electron chi connectivity index (χ2n) is 9.49. The molecule has 2 aromatic rings. The third-order valence-corrected chi connectivity index (χ3v) is 7.22. The van der Waals surface area contributed by atoms with Gasteiger partial charge in [-0.2, -0.15) is 0 Å². The lowest BCUT2D eigenvalue weighted by molar-refractivity contribution is -0.122. The highest BCUT2D eigenvalue weighted by atomic mass is 35.5. The van der Waals surface area contributed by atoms with Crippen LogP contribution in [0.15, 0.2) is 42.5 Å². The fourth-order valence-corrected chi connectivity index (χ4v) is 4.89. The summed E-state index contributed by atoms with van der Waals surface area (Å²) < 4.78 is 0. The molecule has 1 N–H and O–H groups in total. The molecule has 2 aromatic carbocycles. The quantitative estimate of drug-likeness (QED) is 0.354. The van der Waals surface area contributed by atoms with Gasteiger partial charge in [0.25, 0.3) is 0 Å². The third kappa shape index (κ3) is 7.98. The summed E-state index contributed by atoms with van der Waals surface area (Å²) in [6.07, 6.45) is 4.49. The monoisotopic (exact) mass is 475 g/mol. The van der Waals surface area contributed by atoms with Crippen molar-refractivity contribution >= 4 is 29.1 Å². The van der Waals surface area contributed by atoms with E-state index in [-0.39, 0.29) is 23.7 Å². The Morgan fingerprint density at radius 1 is 1.00 bits per heavy atom. The van der Waals surface area contributed by atoms with Gasteiger partial charge < -0.3 is 10.2 Å². The first-order chi connectivity index (χ1) is 15.4. The average molecular weight is 476 g/mol. The first-order valence-corrected chi connectivity index (χ1v) is 12.5. The number of nitrogens with one attached hydrogen (secondary N) is 1. The molecular formula is C28H46ClN3O. The zero-order chi connectivity index (χ0) is 23.6. The number of rotatable bonds is 14. The van der Waals surface area contributed by atoms with Crippen LogP contribution >= 0.6 is 12.4 Å². The number of nitrogens with zero attached hydrogens (tertiary/aromatic N) is 2. The van der Waals surface area contributed by atoms with Gasteiger partial charge in [0, 0.05) is 12.0 Å². The zero-order valence-electron chi connectivity index (χ0n) is 21.7. The number of hydrogen-bond acceptors (Lipinski definition) is 3. The summed E-state index contributed by atoms with van der Waals surface area (Å²) in [5, 5.41) is 5.96. The molecule has 2 unspecified atom stereocenters. The van der Waals surface area contributed by atoms with E-state index in [2.05, 4.69) is 99.4 Å². The van der Waals surface area contributed by atoms with E-state index in [1.54, 1.807) is 0 Å². The van der Waals surface area contributed by atoms with E-state index in [4.69, 9.17) is 0 Å². The maximum Gasteiger partial charge on any atom is 0.234 e. The minimum atomic E-state index is -0.0825. The second-order valence-corrected chi connectivity index (χ2v) is 9.49. The molecule has 0 fully saturated rings. The van der Waals surface area contributed by atoms with E-state index in [1.807, 2.05) is 0 Å². The van der Waals surface area contributed by atoms with Crippen molar-refractivity contribution in [3.05, 3.63) is 48.0 Å². The molecule has 0 saturated heterocycles. The van der Waals surface area contributed by atoms with E-state index in [0.717, 1.165) is 38.9 Å². The van der Waals surface area contributed by atoms with Gasteiger partial charge >= 0.3 is 0 Å². The van der Waals surface area contributed by atoms with Crippen LogP contribution in [0.5, 0.6) is 0 Å². The van der Waals surface area contributed by atoms with Crippen LogP contribution in [0.4, 0.5) is 0 Å². The summed E-state index contributed by atoms with van der Waals surface area (Å²) in [5.74, 6) is 0.594. The highest BCUT2D eigenvalue weighted by molar-refractivity contribution is 5.87. The van der Waals surface area contributed by atoms with Gasteiger partial charge in [0.2, 0.25) is 5.91 Å². The fourth-order valence-electron chi connectivity index (χ4n) is 4.89. The van der Waals surface area contributed by atoms with Crippen molar-refractivity contribution in [1.29, 1.82) is 0 Å². The number of amides is 1. The van der Waals surface area contributed by atoms with Crippen molar-refractivity contribution in [3.63, 3.8) is 0 Å². The summed E-state index contributed by atoms with van der Waals surface area (Å²) in [6, 6.07) is 15.4. The smallest absolute Gasteiger partial charge is 0.234 e. The van der Waals surface area contributed by atoms with Gasteiger partial charge in [-0.1, -0.05) is 83.0 Å². The van der Waals surface area contributed by atoms with Crippen LogP contribution in [0.1, 0.15) is 58.9 Å². The van der Waals surface area contributed by atoms with Crippen molar-refractivity contribution in [2.75, 3.05) is 46.8 Å². The Morgan fingerprint density at radius 3 is 2.30 bits per heavy atom. The predicted octanol–water partition coefficient (Wildman–Crippen LogP) is 5.74. The average Bonchev–Trinajstić information content (AvgIpc) is 2.81. The van der Waals surface area contributed by atoms with Crippen LogP contribution in [0, 0.1) is 5.92 Å². The van der Waals surface area contributed by atoms with Crippen LogP contribution in [-0.4, -0.2) is 62.5 Å². The van der Waals surface area contributed by atoms with Crippen molar-refractivity contribution in [2.45, 2.75) is 58.8 Å². The first kappa shape index (κ1) is 29.4. The molecule has 2 rings (SSSR count). The molecule has 0 saturated carbocycles. The Hall–Kier alpha value is -1.62. The van der Waals surface area contributed by atoms with E-state index in [9.17, 15) is 4.79 Å². The maximum absolute atomic E-state index is 12.9. The predicted molar refractivity (Wildman–Crippen MR) is 146 cm³/mol. The van der Waals surface area contributed by atoms with Crippen LogP contribution in [0.3, 0.4) is 0 Å². The zero-order valence-corrected chi connectivity index (χ0v) is 22.5. The fraction of sp³-hybridized carbons (Fsp3) is 0.607. The second kappa shape index (κ2) is 14.6. The van der Waals surface area contributed by atoms with Crippen molar-refractivity contribution in [3.8, 4) is 0 Å². The summed E-state index contributed by atoms with van der Waals surface area (Å²) in [6.45, 7) is 12.9. The summed E-state index contributed by atoms with van der Waals surface area (Å²) >= 11 is 0. The molecule has 0 aromatic heterocycles. The molecule has 186 valence electrons. The number of carbonyl (C=O) groups excluding carboxylic acids is 1. The number of carbonyl (C=O) groups is 1. The number of fused-ring (bicyclic) bond motifs is 1. The third-order valence-electron chi connectivity index (χ3n) is 7.22. The molecule has 0 spiro atoms. The highest BCUT2D eigenvalue weighted by Gasteiger charge is 2.38. The van der Waals surface area contributed by atoms with Gasteiger partial charge in [-0.15, -0.1) is 12.4 Å². The Balaban J connectivity index is 0.00000544. The van der Waals surface area contributed by atoms with Gasteiger partial charge in [-0.05, 0) is 68.8 Å². The van der Waals surface area contributed by atoms with E-state index >= 15 is 0 Å². The summed E-state index contributed by atoms with van der Waals surface area (Å²) in [4.78, 5) is 17.3. The molecule has 33 heavy (non-hydrogen) atoms. The standard InChI is InChI=1S/C28H45N3O.ClH/c1-7-23(4)28(19-12-13-20-30(5)6,22-29-27(32)21-31(8-2)9-3)26-18-14-16-24-15-10-11-17-25(24)26;/h10-11,14-18,23H,7-9,12-13,19-22H2,1-6H3,(H,29,32);1H. The van der Waals surface area contributed by atoms with E-state index in [1.165, 1.54) is 22.8 Å². The Bertz CT molecular complexity index is 832. The maximum atomic E-state index is 12.9. The van der Waals surface area contributed by atoms with Crippen molar-refractivity contribution in [2.24, 2.45) is 5.92 Å². The van der Waals surface area contributed by atoms with E-state index in [0.29, 0.717) is 19.0 Å². The van der Waals surface area contributed by atoms with Crippen LogP contribution in [0.2, 0.25) is 0 Å². The Kier molecular flexibility index (Phi) is 13.0. The number of hydrogen-bond donors (Lipinski definition) is 1. The topological polar surface area (TPSA) is 35.6 Å². The van der Waals surface area contributed by atoms with Gasteiger partial charge in [-0.25, -0.2) is 0 Å². The molecule has 0 aliphatic carbocycles. The number of halogens is 1. The van der Waals surface area contributed by atoms with Crippen molar-refractivity contribution < 1.29 is 4.79 Å². The largest absolute Gasteiger partial charge is 0.354 e. The lowest BCUT2D eigenvalue weighted by Crippen LogP contribution is -2.47. The minimum Gasteiger partial charge on any atom is -0.354 e. The SMILES string of the molecule is CCC(C)C(CCCCN(C)C)(CNC(=O)CN(CC)CC)c1cccc2ccccc12.Cl. The van der Waals surface area contributed by atoms with Gasteiger partial charge in [0.1, 0.15) is 0 Å². The van der Waals surface area contributed by atoms with Crippen LogP contribution in [0.25, 0.3) is 10.8 Å². The lowest BCUT2D eigenvalue weighted by Gasteiger charge is -2.41. The molecule has 0 aliphatic heterocycles. The molecule has 0 radical (unpaired) electrons. The number of unbranched alkanes of at least 4 members (excludes halogenated alkanes) is 1. The molecule has 0 heterocycles. The molecule has 5 heteroatoms. The molecule has 4 nitrogen and oxygen atoms in total. The van der Waals surface area contributed by atoms with Crippen LogP contribution < -0.4 is 5.32 Å².